The summed E-state index contributed by atoms with van der Waals surface area (Å²) < 4.78 is 6.11. The van der Waals surface area contributed by atoms with Gasteiger partial charge in [0.15, 0.2) is 0 Å². The smallest absolute Gasteiger partial charge is 0.225 e. The summed E-state index contributed by atoms with van der Waals surface area (Å²) >= 11 is 1.71. The van der Waals surface area contributed by atoms with Crippen LogP contribution in [0.4, 0.5) is 0 Å². The van der Waals surface area contributed by atoms with E-state index in [9.17, 15) is 9.59 Å². The Hall–Kier alpha value is -0.750. The molecule has 24 heavy (non-hydrogen) atoms. The van der Waals surface area contributed by atoms with Gasteiger partial charge in [0.05, 0.1) is 12.2 Å². The van der Waals surface area contributed by atoms with Crippen molar-refractivity contribution in [1.82, 2.24) is 9.80 Å². The predicted octanol–water partition coefficient (Wildman–Crippen LogP) is 2.15. The van der Waals surface area contributed by atoms with Crippen molar-refractivity contribution in [3.05, 3.63) is 0 Å². The molecular weight excluding hydrogens is 324 g/mol. The Labute approximate surface area is 149 Å². The quantitative estimate of drug-likeness (QED) is 0.776. The minimum absolute atomic E-state index is 0.222. The Bertz CT molecular complexity index is 457. The zero-order chi connectivity index (χ0) is 17.0. The summed E-state index contributed by atoms with van der Waals surface area (Å²) in [4.78, 5) is 28.9. The van der Waals surface area contributed by atoms with Gasteiger partial charge in [0.25, 0.3) is 0 Å². The molecule has 2 aliphatic heterocycles. The Morgan fingerprint density at radius 3 is 2.50 bits per heavy atom. The minimum Gasteiger partial charge on any atom is -0.371 e. The van der Waals surface area contributed by atoms with Crippen LogP contribution in [0.25, 0.3) is 0 Å². The molecule has 0 N–H and O–H groups in total. The molecule has 0 unspecified atom stereocenters. The summed E-state index contributed by atoms with van der Waals surface area (Å²) in [5.41, 5.74) is -0.222. The van der Waals surface area contributed by atoms with E-state index < -0.39 is 0 Å². The number of carbonyl (C=O) groups is 2. The van der Waals surface area contributed by atoms with Gasteiger partial charge in [-0.25, -0.2) is 0 Å². The van der Waals surface area contributed by atoms with Crippen molar-refractivity contribution in [3.8, 4) is 0 Å². The van der Waals surface area contributed by atoms with Gasteiger partial charge < -0.3 is 14.5 Å². The highest BCUT2D eigenvalue weighted by atomic mass is 32.2. The largest absolute Gasteiger partial charge is 0.371 e. The highest BCUT2D eigenvalue weighted by Crippen LogP contribution is 2.33. The molecule has 0 aromatic heterocycles. The molecule has 0 atom stereocenters. The molecule has 136 valence electrons. The van der Waals surface area contributed by atoms with Crippen LogP contribution in [0.1, 0.15) is 44.9 Å². The molecule has 0 aromatic carbocycles. The number of hydrogen-bond donors (Lipinski definition) is 0. The van der Waals surface area contributed by atoms with Crippen LogP contribution >= 0.6 is 11.8 Å². The third-order valence-electron chi connectivity index (χ3n) is 5.81. The van der Waals surface area contributed by atoms with Crippen molar-refractivity contribution < 1.29 is 14.3 Å². The van der Waals surface area contributed by atoms with Crippen LogP contribution in [-0.2, 0) is 14.3 Å². The zero-order valence-corrected chi connectivity index (χ0v) is 15.6. The first-order chi connectivity index (χ1) is 11.6. The lowest BCUT2D eigenvalue weighted by atomic mass is 9.88. The maximum atomic E-state index is 12.6. The van der Waals surface area contributed by atoms with E-state index in [2.05, 4.69) is 0 Å². The average molecular weight is 355 g/mol. The molecule has 1 saturated carbocycles. The second-order valence-corrected chi connectivity index (χ2v) is 8.38. The van der Waals surface area contributed by atoms with Crippen LogP contribution in [0, 0.1) is 5.92 Å². The normalized spacial score (nSPS) is 24.5. The average Bonchev–Trinajstić information content (AvgIpc) is 3.14. The number of likely N-dealkylation sites (tertiary alicyclic amines) is 1. The van der Waals surface area contributed by atoms with Crippen molar-refractivity contribution >= 4 is 23.6 Å². The number of amides is 2. The lowest BCUT2D eigenvalue weighted by molar-refractivity contribution is -0.164. The van der Waals surface area contributed by atoms with Crippen molar-refractivity contribution in [1.29, 1.82) is 0 Å². The molecule has 2 heterocycles. The summed E-state index contributed by atoms with van der Waals surface area (Å²) in [6, 6.07) is 0. The standard InChI is InChI=1S/C18H30N2O3S/c1-24-13-6-16(21)20-11-12-23-18(14-20)7-9-19(10-8-18)17(22)15-4-2-3-5-15/h15H,2-14H2,1H3. The number of thioether (sulfide) groups is 1. The molecule has 0 radical (unpaired) electrons. The van der Waals surface area contributed by atoms with Crippen molar-refractivity contribution in [2.45, 2.75) is 50.5 Å². The van der Waals surface area contributed by atoms with Gasteiger partial charge in [-0.15, -0.1) is 0 Å². The highest BCUT2D eigenvalue weighted by Gasteiger charge is 2.42. The number of rotatable bonds is 4. The fourth-order valence-corrected chi connectivity index (χ4v) is 4.65. The van der Waals surface area contributed by atoms with Crippen molar-refractivity contribution in [3.63, 3.8) is 0 Å². The summed E-state index contributed by atoms with van der Waals surface area (Å²) in [5.74, 6) is 1.74. The molecule has 6 heteroatoms. The molecule has 2 amide bonds. The second kappa shape index (κ2) is 8.09. The molecule has 0 aromatic rings. The SMILES string of the molecule is CSCCC(=O)N1CCOC2(CCN(C(=O)C3CCCC3)CC2)C1. The lowest BCUT2D eigenvalue weighted by Crippen LogP contribution is -2.59. The van der Waals surface area contributed by atoms with E-state index in [4.69, 9.17) is 4.74 Å². The van der Waals surface area contributed by atoms with E-state index in [1.807, 2.05) is 16.1 Å². The summed E-state index contributed by atoms with van der Waals surface area (Å²) in [6.45, 7) is 3.59. The van der Waals surface area contributed by atoms with Gasteiger partial charge in [0.1, 0.15) is 0 Å². The van der Waals surface area contributed by atoms with Crippen molar-refractivity contribution in [2.24, 2.45) is 5.92 Å². The van der Waals surface area contributed by atoms with E-state index in [1.165, 1.54) is 12.8 Å². The van der Waals surface area contributed by atoms with Crippen LogP contribution in [-0.4, -0.2) is 72.0 Å². The fraction of sp³-hybridized carbons (Fsp3) is 0.889. The fourth-order valence-electron chi connectivity index (χ4n) is 4.27. The summed E-state index contributed by atoms with van der Waals surface area (Å²) in [5, 5.41) is 0. The Balaban J connectivity index is 1.52. The predicted molar refractivity (Wildman–Crippen MR) is 96.0 cm³/mol. The molecule has 2 saturated heterocycles. The van der Waals surface area contributed by atoms with Crippen LogP contribution in [0.3, 0.4) is 0 Å². The van der Waals surface area contributed by atoms with Crippen LogP contribution < -0.4 is 0 Å². The van der Waals surface area contributed by atoms with Gasteiger partial charge in [0, 0.05) is 44.3 Å². The first kappa shape index (κ1) is 18.1. The summed E-state index contributed by atoms with van der Waals surface area (Å²) in [7, 11) is 0. The molecule has 0 bridgehead atoms. The van der Waals surface area contributed by atoms with Gasteiger partial charge in [-0.3, -0.25) is 9.59 Å². The third-order valence-corrected chi connectivity index (χ3v) is 6.42. The number of piperidine rings is 1. The first-order valence-corrected chi connectivity index (χ1v) is 10.7. The second-order valence-electron chi connectivity index (χ2n) is 7.40. The lowest BCUT2D eigenvalue weighted by Gasteiger charge is -2.47. The van der Waals surface area contributed by atoms with Gasteiger partial charge in [-0.1, -0.05) is 12.8 Å². The van der Waals surface area contributed by atoms with Gasteiger partial charge >= 0.3 is 0 Å². The highest BCUT2D eigenvalue weighted by molar-refractivity contribution is 7.98. The van der Waals surface area contributed by atoms with Gasteiger partial charge in [0.2, 0.25) is 11.8 Å². The number of ether oxygens (including phenoxy) is 1. The Kier molecular flexibility index (Phi) is 6.08. The van der Waals surface area contributed by atoms with Crippen LogP contribution in [0.2, 0.25) is 0 Å². The molecule has 1 aliphatic carbocycles. The van der Waals surface area contributed by atoms with Crippen molar-refractivity contribution in [2.75, 3.05) is 44.8 Å². The number of morpholine rings is 1. The Morgan fingerprint density at radius 1 is 1.12 bits per heavy atom. The summed E-state index contributed by atoms with van der Waals surface area (Å²) in [6.07, 6.45) is 8.89. The number of nitrogens with zero attached hydrogens (tertiary/aromatic N) is 2. The number of carbonyl (C=O) groups excluding carboxylic acids is 2. The van der Waals surface area contributed by atoms with Gasteiger partial charge in [-0.2, -0.15) is 11.8 Å². The van der Waals surface area contributed by atoms with E-state index in [-0.39, 0.29) is 17.4 Å². The Morgan fingerprint density at radius 2 is 1.83 bits per heavy atom. The first-order valence-electron chi connectivity index (χ1n) is 9.33. The minimum atomic E-state index is -0.222. The molecular formula is C18H30N2O3S. The van der Waals surface area contributed by atoms with E-state index in [0.29, 0.717) is 32.0 Å². The molecule has 5 nitrogen and oxygen atoms in total. The maximum Gasteiger partial charge on any atom is 0.225 e. The number of hydrogen-bond acceptors (Lipinski definition) is 4. The van der Waals surface area contributed by atoms with Gasteiger partial charge in [-0.05, 0) is 31.9 Å². The maximum absolute atomic E-state index is 12.6. The van der Waals surface area contributed by atoms with E-state index in [0.717, 1.165) is 44.5 Å². The molecule has 3 aliphatic rings. The third kappa shape index (κ3) is 4.07. The van der Waals surface area contributed by atoms with E-state index >= 15 is 0 Å². The zero-order valence-electron chi connectivity index (χ0n) is 14.8. The monoisotopic (exact) mass is 354 g/mol. The van der Waals surface area contributed by atoms with Crippen LogP contribution in [0.15, 0.2) is 0 Å². The molecule has 3 rings (SSSR count). The molecule has 1 spiro atoms. The topological polar surface area (TPSA) is 49.9 Å². The van der Waals surface area contributed by atoms with E-state index in [1.54, 1.807) is 11.8 Å². The van der Waals surface area contributed by atoms with Crippen LogP contribution in [0.5, 0.6) is 0 Å². The molecule has 3 fully saturated rings.